The summed E-state index contributed by atoms with van der Waals surface area (Å²) in [7, 11) is 0. The zero-order valence-electron chi connectivity index (χ0n) is 8.00. The van der Waals surface area contributed by atoms with Crippen molar-refractivity contribution in [1.29, 1.82) is 0 Å². The maximum atomic E-state index is 10.7. The zero-order valence-corrected chi connectivity index (χ0v) is 8.00. The van der Waals surface area contributed by atoms with Crippen molar-refractivity contribution in [2.24, 2.45) is 5.92 Å². The fraction of sp³-hybridized carbons (Fsp3) is 0.556. The first-order valence-electron chi connectivity index (χ1n) is 4.11. The Hall–Kier alpha value is 0.680. The third-order valence-electron chi connectivity index (χ3n) is 1.74. The maximum absolute atomic E-state index is 10.7. The monoisotopic (exact) mass is 234 g/mol. The number of hydrogen-bond acceptors (Lipinski definition) is 2. The van der Waals surface area contributed by atoms with E-state index in [1.807, 2.05) is 0 Å². The van der Waals surface area contributed by atoms with Crippen molar-refractivity contribution in [2.75, 3.05) is 0 Å². The second kappa shape index (κ2) is 9.87. The summed E-state index contributed by atoms with van der Waals surface area (Å²) in [6.45, 7) is 4.97. The molecule has 6 heteroatoms. The van der Waals surface area contributed by atoms with E-state index in [0.29, 0.717) is 0 Å². The van der Waals surface area contributed by atoms with E-state index in [0.717, 1.165) is 0 Å². The third-order valence-corrected chi connectivity index (χ3v) is 1.74. The third kappa shape index (κ3) is 6.76. The Morgan fingerprint density at radius 3 is 1.53 bits per heavy atom. The molecule has 0 aliphatic rings. The number of rotatable bonds is 4. The van der Waals surface area contributed by atoms with Gasteiger partial charge in [-0.25, -0.2) is 9.59 Å². The van der Waals surface area contributed by atoms with E-state index in [-0.39, 0.29) is 82.6 Å². The summed E-state index contributed by atoms with van der Waals surface area (Å²) < 4.78 is 0. The van der Waals surface area contributed by atoms with Gasteiger partial charge in [0.15, 0.2) is 0 Å². The second-order valence-electron chi connectivity index (χ2n) is 3.01. The molecule has 0 aromatic rings. The molecule has 0 aromatic heterocycles. The SMILES string of the molecule is CC/C(C(=O)O)=C(/C(=O)O)C(C)C.[NaH].[NaH]. The van der Waals surface area contributed by atoms with E-state index in [2.05, 4.69) is 0 Å². The number of carboxylic acid groups (broad SMARTS) is 2. The Balaban J connectivity index is -0.000000720. The average molecular weight is 234 g/mol. The van der Waals surface area contributed by atoms with Gasteiger partial charge in [-0.15, -0.1) is 0 Å². The fourth-order valence-corrected chi connectivity index (χ4v) is 1.18. The normalized spacial score (nSPS) is 10.9. The van der Waals surface area contributed by atoms with Crippen LogP contribution in [0.15, 0.2) is 11.1 Å². The van der Waals surface area contributed by atoms with Crippen LogP contribution in [0.25, 0.3) is 0 Å². The molecule has 0 radical (unpaired) electrons. The van der Waals surface area contributed by atoms with Crippen LogP contribution in [0.3, 0.4) is 0 Å². The van der Waals surface area contributed by atoms with Gasteiger partial charge in [-0.2, -0.15) is 0 Å². The van der Waals surface area contributed by atoms with Gasteiger partial charge in [-0.1, -0.05) is 20.8 Å². The average Bonchev–Trinajstić information content (AvgIpc) is 1.97. The van der Waals surface area contributed by atoms with Crippen LogP contribution in [-0.4, -0.2) is 81.3 Å². The van der Waals surface area contributed by atoms with E-state index in [9.17, 15) is 9.59 Å². The molecular formula is C9H16Na2O4. The van der Waals surface area contributed by atoms with Crippen LogP contribution in [-0.2, 0) is 9.59 Å². The molecule has 0 saturated heterocycles. The van der Waals surface area contributed by atoms with Crippen LogP contribution in [0, 0.1) is 5.92 Å². The van der Waals surface area contributed by atoms with E-state index in [4.69, 9.17) is 10.2 Å². The van der Waals surface area contributed by atoms with Crippen LogP contribution in [0.5, 0.6) is 0 Å². The van der Waals surface area contributed by atoms with Gasteiger partial charge < -0.3 is 10.2 Å². The van der Waals surface area contributed by atoms with Crippen LogP contribution in [0.4, 0.5) is 0 Å². The van der Waals surface area contributed by atoms with Crippen molar-refractivity contribution >= 4 is 71.1 Å². The fourth-order valence-electron chi connectivity index (χ4n) is 1.18. The molecule has 0 unspecified atom stereocenters. The summed E-state index contributed by atoms with van der Waals surface area (Å²) in [5.74, 6) is -2.56. The summed E-state index contributed by atoms with van der Waals surface area (Å²) in [6, 6.07) is 0. The van der Waals surface area contributed by atoms with Crippen LogP contribution < -0.4 is 0 Å². The molecule has 78 valence electrons. The molecule has 0 heterocycles. The second-order valence-corrected chi connectivity index (χ2v) is 3.01. The predicted molar refractivity (Wildman–Crippen MR) is 61.7 cm³/mol. The topological polar surface area (TPSA) is 74.6 Å². The summed E-state index contributed by atoms with van der Waals surface area (Å²) in [5, 5.41) is 17.5. The first kappa shape index (κ1) is 21.0. The Kier molecular flexibility index (Phi) is 13.8. The Labute approximate surface area is 134 Å². The number of carboxylic acids is 2. The van der Waals surface area contributed by atoms with Crippen LogP contribution in [0.2, 0.25) is 0 Å². The van der Waals surface area contributed by atoms with E-state index < -0.39 is 11.9 Å². The molecule has 0 fully saturated rings. The molecule has 0 aliphatic carbocycles. The van der Waals surface area contributed by atoms with Crippen molar-refractivity contribution in [2.45, 2.75) is 27.2 Å². The predicted octanol–water partition coefficient (Wildman–Crippen LogP) is 0.221. The quantitative estimate of drug-likeness (QED) is 0.539. The Morgan fingerprint density at radius 1 is 1.07 bits per heavy atom. The van der Waals surface area contributed by atoms with Gasteiger partial charge in [0.05, 0.1) is 0 Å². The van der Waals surface area contributed by atoms with Crippen molar-refractivity contribution in [1.82, 2.24) is 0 Å². The van der Waals surface area contributed by atoms with E-state index in [1.165, 1.54) is 0 Å². The standard InChI is InChI=1S/C9H14O4.2Na.2H/c1-4-6(8(10)11)7(5(2)3)9(12)13;;;;/h5H,4H2,1-3H3,(H,10,11)(H,12,13);;;;/b7-6-;;;;. The number of hydrogen-bond donors (Lipinski definition) is 2. The first-order valence-corrected chi connectivity index (χ1v) is 4.11. The van der Waals surface area contributed by atoms with E-state index >= 15 is 0 Å². The van der Waals surface area contributed by atoms with Gasteiger partial charge in [0, 0.05) is 11.1 Å². The molecule has 4 nitrogen and oxygen atoms in total. The molecule has 0 amide bonds. The molecular weight excluding hydrogens is 218 g/mol. The molecule has 0 aliphatic heterocycles. The molecule has 0 rings (SSSR count). The first-order chi connectivity index (χ1) is 5.91. The van der Waals surface area contributed by atoms with Crippen LogP contribution >= 0.6 is 0 Å². The van der Waals surface area contributed by atoms with Crippen molar-refractivity contribution in [3.8, 4) is 0 Å². The van der Waals surface area contributed by atoms with Gasteiger partial charge in [0.2, 0.25) is 0 Å². The molecule has 0 spiro atoms. The summed E-state index contributed by atoms with van der Waals surface area (Å²) in [5.41, 5.74) is -0.0162. The van der Waals surface area contributed by atoms with Gasteiger partial charge >= 0.3 is 71.1 Å². The van der Waals surface area contributed by atoms with Gasteiger partial charge in [0.25, 0.3) is 0 Å². The summed E-state index contributed by atoms with van der Waals surface area (Å²) >= 11 is 0. The minimum atomic E-state index is -1.14. The van der Waals surface area contributed by atoms with Gasteiger partial charge in [0.1, 0.15) is 0 Å². The Morgan fingerprint density at radius 2 is 1.47 bits per heavy atom. The van der Waals surface area contributed by atoms with Crippen molar-refractivity contribution < 1.29 is 19.8 Å². The molecule has 0 aromatic carbocycles. The Bertz CT molecular complexity index is 259. The van der Waals surface area contributed by atoms with Gasteiger partial charge in [-0.3, -0.25) is 0 Å². The number of carbonyl (C=O) groups is 2. The van der Waals surface area contributed by atoms with E-state index in [1.54, 1.807) is 20.8 Å². The summed E-state index contributed by atoms with van der Waals surface area (Å²) in [4.78, 5) is 21.4. The van der Waals surface area contributed by atoms with Gasteiger partial charge in [-0.05, 0) is 12.3 Å². The molecule has 0 bridgehead atoms. The molecule has 0 saturated carbocycles. The molecule has 0 atom stereocenters. The van der Waals surface area contributed by atoms with Crippen LogP contribution in [0.1, 0.15) is 27.2 Å². The van der Waals surface area contributed by atoms with Crippen molar-refractivity contribution in [3.63, 3.8) is 0 Å². The molecule has 2 N–H and O–H groups in total. The minimum absolute atomic E-state index is 0. The van der Waals surface area contributed by atoms with Crippen molar-refractivity contribution in [3.05, 3.63) is 11.1 Å². The molecule has 15 heavy (non-hydrogen) atoms. The number of aliphatic carboxylic acids is 2. The zero-order chi connectivity index (χ0) is 10.6. The summed E-state index contributed by atoms with van der Waals surface area (Å²) in [6.07, 6.45) is 0.231.